The largest absolute Gasteiger partial charge is 0.411 e. The van der Waals surface area contributed by atoms with Crippen molar-refractivity contribution in [2.45, 2.75) is 33.7 Å². The quantitative estimate of drug-likeness (QED) is 0.643. The van der Waals surface area contributed by atoms with Crippen molar-refractivity contribution in [3.63, 3.8) is 0 Å². The smallest absolute Gasteiger partial charge is 0.0624 e. The van der Waals surface area contributed by atoms with Crippen molar-refractivity contribution in [1.82, 2.24) is 4.90 Å². The number of hydrogen-bond acceptors (Lipinski definition) is 3. The van der Waals surface area contributed by atoms with Gasteiger partial charge in [-0.3, -0.25) is 4.90 Å². The van der Waals surface area contributed by atoms with Gasteiger partial charge in [-0.2, -0.15) is 0 Å². The first-order valence-corrected chi connectivity index (χ1v) is 6.59. The molecule has 1 heterocycles. The Kier molecular flexibility index (Phi) is 4.02. The van der Waals surface area contributed by atoms with E-state index in [1.807, 2.05) is 0 Å². The molecule has 18 heavy (non-hydrogen) atoms. The molecule has 1 atom stereocenters. The van der Waals surface area contributed by atoms with Gasteiger partial charge in [-0.1, -0.05) is 41.4 Å². The molecule has 0 spiro atoms. The predicted octanol–water partition coefficient (Wildman–Crippen LogP) is 2.98. The zero-order valence-corrected chi connectivity index (χ0v) is 11.5. The lowest BCUT2D eigenvalue weighted by Crippen LogP contribution is -2.39. The van der Waals surface area contributed by atoms with Crippen molar-refractivity contribution in [1.29, 1.82) is 0 Å². The minimum atomic E-state index is 0.356. The van der Waals surface area contributed by atoms with E-state index in [1.165, 1.54) is 16.7 Å². The van der Waals surface area contributed by atoms with Gasteiger partial charge in [0.05, 0.1) is 5.71 Å². The van der Waals surface area contributed by atoms with Crippen molar-refractivity contribution in [2.24, 2.45) is 11.1 Å². The lowest BCUT2D eigenvalue weighted by atomic mass is 9.97. The zero-order valence-electron chi connectivity index (χ0n) is 11.5. The minimum Gasteiger partial charge on any atom is -0.411 e. The van der Waals surface area contributed by atoms with E-state index in [0.29, 0.717) is 5.92 Å². The molecule has 2 rings (SSSR count). The van der Waals surface area contributed by atoms with E-state index in [4.69, 9.17) is 5.21 Å². The van der Waals surface area contributed by atoms with Crippen LogP contribution < -0.4 is 0 Å². The summed E-state index contributed by atoms with van der Waals surface area (Å²) in [4.78, 5) is 2.44. The van der Waals surface area contributed by atoms with Gasteiger partial charge in [0.15, 0.2) is 0 Å². The van der Waals surface area contributed by atoms with Crippen molar-refractivity contribution >= 4 is 5.71 Å². The molecule has 98 valence electrons. The molecule has 1 aliphatic rings. The van der Waals surface area contributed by atoms with Crippen LogP contribution in [0.2, 0.25) is 0 Å². The molecular formula is C15H22N2O. The molecular weight excluding hydrogens is 224 g/mol. The molecule has 1 aromatic carbocycles. The van der Waals surface area contributed by atoms with Crippen LogP contribution in [-0.4, -0.2) is 28.9 Å². The van der Waals surface area contributed by atoms with E-state index in [0.717, 1.165) is 31.8 Å². The number of benzene rings is 1. The van der Waals surface area contributed by atoms with Gasteiger partial charge >= 0.3 is 0 Å². The monoisotopic (exact) mass is 246 g/mol. The maximum Gasteiger partial charge on any atom is 0.0624 e. The van der Waals surface area contributed by atoms with Crippen LogP contribution in [-0.2, 0) is 6.54 Å². The third-order valence-electron chi connectivity index (χ3n) is 3.60. The Bertz CT molecular complexity index is 434. The minimum absolute atomic E-state index is 0.356. The van der Waals surface area contributed by atoms with Gasteiger partial charge < -0.3 is 5.21 Å². The van der Waals surface area contributed by atoms with Gasteiger partial charge in [-0.05, 0) is 19.4 Å². The van der Waals surface area contributed by atoms with Crippen molar-refractivity contribution < 1.29 is 5.21 Å². The number of oxime groups is 1. The lowest BCUT2D eigenvalue weighted by Gasteiger charge is -2.31. The standard InChI is InChI=1S/C15H22N2O/c1-11-6-12(2)8-14(7-11)10-17-5-4-15(16-18)13(3)9-17/h6-8,13,18H,4-5,9-10H2,1-3H3/b16-15+. The molecule has 0 radical (unpaired) electrons. The van der Waals surface area contributed by atoms with Gasteiger partial charge in [-0.15, -0.1) is 0 Å². The fraction of sp³-hybridized carbons (Fsp3) is 0.533. The second kappa shape index (κ2) is 5.53. The summed E-state index contributed by atoms with van der Waals surface area (Å²) in [5, 5.41) is 12.3. The average Bonchev–Trinajstić information content (AvgIpc) is 2.27. The molecule has 0 saturated carbocycles. The fourth-order valence-electron chi connectivity index (χ4n) is 2.81. The SMILES string of the molecule is Cc1cc(C)cc(CN2CC/C(=N\O)C(C)C2)c1. The maximum atomic E-state index is 8.88. The lowest BCUT2D eigenvalue weighted by molar-refractivity contribution is 0.228. The van der Waals surface area contributed by atoms with Crippen LogP contribution in [0.15, 0.2) is 23.4 Å². The zero-order chi connectivity index (χ0) is 13.1. The number of likely N-dealkylation sites (tertiary alicyclic amines) is 1. The molecule has 1 fully saturated rings. The predicted molar refractivity (Wildman–Crippen MR) is 74.2 cm³/mol. The number of hydrogen-bond donors (Lipinski definition) is 1. The molecule has 0 amide bonds. The summed E-state index contributed by atoms with van der Waals surface area (Å²) in [5.74, 6) is 0.356. The van der Waals surface area contributed by atoms with E-state index < -0.39 is 0 Å². The number of piperidine rings is 1. The topological polar surface area (TPSA) is 35.8 Å². The van der Waals surface area contributed by atoms with Crippen molar-refractivity contribution in [2.75, 3.05) is 13.1 Å². The summed E-state index contributed by atoms with van der Waals surface area (Å²) >= 11 is 0. The summed E-state index contributed by atoms with van der Waals surface area (Å²) in [6.45, 7) is 9.37. The highest BCUT2D eigenvalue weighted by molar-refractivity contribution is 5.86. The normalized spacial score (nSPS) is 23.5. The van der Waals surface area contributed by atoms with Crippen LogP contribution in [0.5, 0.6) is 0 Å². The van der Waals surface area contributed by atoms with E-state index >= 15 is 0 Å². The van der Waals surface area contributed by atoms with E-state index in [9.17, 15) is 0 Å². The number of aryl methyl sites for hydroxylation is 2. The molecule has 3 heteroatoms. The first kappa shape index (κ1) is 13.1. The molecule has 3 nitrogen and oxygen atoms in total. The highest BCUT2D eigenvalue weighted by Gasteiger charge is 2.22. The van der Waals surface area contributed by atoms with Gasteiger partial charge in [0, 0.05) is 32.0 Å². The highest BCUT2D eigenvalue weighted by Crippen LogP contribution is 2.17. The van der Waals surface area contributed by atoms with E-state index in [-0.39, 0.29) is 0 Å². The van der Waals surface area contributed by atoms with Crippen LogP contribution in [0, 0.1) is 19.8 Å². The van der Waals surface area contributed by atoms with Gasteiger partial charge in [0.25, 0.3) is 0 Å². The molecule has 1 aromatic rings. The molecule has 0 bridgehead atoms. The Hall–Kier alpha value is -1.35. The number of nitrogens with zero attached hydrogens (tertiary/aromatic N) is 2. The average molecular weight is 246 g/mol. The fourth-order valence-corrected chi connectivity index (χ4v) is 2.81. The van der Waals surface area contributed by atoms with Gasteiger partial charge in [0.1, 0.15) is 0 Å². The second-order valence-corrected chi connectivity index (χ2v) is 5.47. The first-order chi connectivity index (χ1) is 8.58. The van der Waals surface area contributed by atoms with E-state index in [2.05, 4.69) is 49.0 Å². The van der Waals surface area contributed by atoms with Crippen LogP contribution in [0.1, 0.15) is 30.0 Å². The van der Waals surface area contributed by atoms with Crippen molar-refractivity contribution in [3.8, 4) is 0 Å². The van der Waals surface area contributed by atoms with Crippen LogP contribution >= 0.6 is 0 Å². The second-order valence-electron chi connectivity index (χ2n) is 5.47. The summed E-state index contributed by atoms with van der Waals surface area (Å²) in [7, 11) is 0. The molecule has 1 unspecified atom stereocenters. The summed E-state index contributed by atoms with van der Waals surface area (Å²) < 4.78 is 0. The van der Waals surface area contributed by atoms with E-state index in [1.54, 1.807) is 0 Å². The molecule has 1 aliphatic heterocycles. The first-order valence-electron chi connectivity index (χ1n) is 6.59. The Morgan fingerprint density at radius 1 is 1.28 bits per heavy atom. The molecule has 0 aliphatic carbocycles. The Morgan fingerprint density at radius 2 is 1.94 bits per heavy atom. The summed E-state index contributed by atoms with van der Waals surface area (Å²) in [6, 6.07) is 6.72. The van der Waals surface area contributed by atoms with Gasteiger partial charge in [-0.25, -0.2) is 0 Å². The Labute approximate surface area is 109 Å². The third-order valence-corrected chi connectivity index (χ3v) is 3.60. The molecule has 0 aromatic heterocycles. The Morgan fingerprint density at radius 3 is 2.50 bits per heavy atom. The van der Waals surface area contributed by atoms with Crippen molar-refractivity contribution in [3.05, 3.63) is 34.9 Å². The Balaban J connectivity index is 2.02. The summed E-state index contributed by atoms with van der Waals surface area (Å²) in [6.07, 6.45) is 0.877. The van der Waals surface area contributed by atoms with Crippen LogP contribution in [0.25, 0.3) is 0 Å². The van der Waals surface area contributed by atoms with Crippen LogP contribution in [0.3, 0.4) is 0 Å². The maximum absolute atomic E-state index is 8.88. The molecule has 1 N–H and O–H groups in total. The van der Waals surface area contributed by atoms with Gasteiger partial charge in [0.2, 0.25) is 0 Å². The third kappa shape index (κ3) is 3.10. The van der Waals surface area contributed by atoms with Crippen LogP contribution in [0.4, 0.5) is 0 Å². The number of rotatable bonds is 2. The summed E-state index contributed by atoms with van der Waals surface area (Å²) in [5.41, 5.74) is 4.97. The highest BCUT2D eigenvalue weighted by atomic mass is 16.4. The molecule has 1 saturated heterocycles.